The van der Waals surface area contributed by atoms with Gasteiger partial charge >= 0.3 is 0 Å². The standard InChI is InChI=1S/C30H40S2.C30H42S2.C22H36I2.C22H38.C6H4Cl2/c1-3-5-7-9-11-13-15-23-21-27-25-17-19-31-29(25)30-26(18-20-32-30)28(27)22-24(23)16-14-12-10-8-6-4-2;1-3-5-7-9-11-13-15-25-21-29(27-17-19-31-23-27)30(28-18-20-32-24-28)22-26(25)16-14-12-10-8-6-4-2;1-3-5-7-9-11-13-15-19-17-21(23)22(24)18-20(19)16-14-12-10-8-6-4-2;1-3-5-7-9-11-13-17-21-19-15-16-20-22(21)18-14-12-10-8-6-4-2;7-5-3-1-2-4-6(5)8/h17-22H,3-16H2,1-2H3;17-24H,3-16H2,1-2H3;17-18H,3-16H2,1-2H3;15-16,19-20H,3-14,17-18H2,1-2H3;1-4H. The smallest absolute Gasteiger partial charge is 0.0592 e. The number of rotatable bonds is 58. The van der Waals surface area contributed by atoms with Crippen molar-refractivity contribution >= 4 is 145 Å². The van der Waals surface area contributed by atoms with E-state index in [9.17, 15) is 0 Å². The third-order valence-corrected chi connectivity index (χ3v) is 31.0. The Morgan fingerprint density at radius 3 is 0.703 bits per heavy atom. The first-order chi connectivity index (χ1) is 58.0. The summed E-state index contributed by atoms with van der Waals surface area (Å²) in [7, 11) is 0. The molecule has 0 amide bonds. The number of hydrogen-bond acceptors (Lipinski definition) is 4. The number of fused-ring (bicyclic) bond motifs is 6. The van der Waals surface area contributed by atoms with E-state index in [0.29, 0.717) is 10.0 Å². The largest absolute Gasteiger partial charge is 0.152 e. The lowest BCUT2D eigenvalue weighted by atomic mass is 9.88. The maximum absolute atomic E-state index is 5.58. The van der Waals surface area contributed by atoms with Crippen LogP contribution in [0.4, 0.5) is 0 Å². The molecule has 0 fully saturated rings. The molecule has 118 heavy (non-hydrogen) atoms. The van der Waals surface area contributed by atoms with E-state index in [1.807, 2.05) is 34.8 Å². The topological polar surface area (TPSA) is 0 Å². The van der Waals surface area contributed by atoms with Crippen LogP contribution in [0.2, 0.25) is 10.0 Å². The fourth-order valence-corrected chi connectivity index (χ4v) is 21.5. The summed E-state index contributed by atoms with van der Waals surface area (Å²) in [5, 5.41) is 20.7. The maximum atomic E-state index is 5.58. The molecule has 0 spiro atoms. The molecule has 0 saturated heterocycles. The molecule has 10 aromatic rings. The highest BCUT2D eigenvalue weighted by molar-refractivity contribution is 14.1. The minimum absolute atomic E-state index is 0.606. The first-order valence-electron chi connectivity index (χ1n) is 48.5. The Bertz CT molecular complexity index is 3840. The van der Waals surface area contributed by atoms with Gasteiger partial charge in [0.15, 0.2) is 0 Å². The van der Waals surface area contributed by atoms with Crippen LogP contribution in [0.15, 0.2) is 141 Å². The number of halogens is 4. The van der Waals surface area contributed by atoms with Crippen LogP contribution < -0.4 is 0 Å². The van der Waals surface area contributed by atoms with Crippen LogP contribution in [0.3, 0.4) is 0 Å². The van der Waals surface area contributed by atoms with E-state index < -0.39 is 0 Å². The quantitative estimate of drug-likeness (QED) is 0.0263. The highest BCUT2D eigenvalue weighted by Crippen LogP contribution is 2.43. The molecule has 0 unspecified atom stereocenters. The molecular formula is C110H160Cl2I2S4. The lowest BCUT2D eigenvalue weighted by molar-refractivity contribution is 0.599. The summed E-state index contributed by atoms with van der Waals surface area (Å²) in [6, 6.07) is 40.8. The maximum Gasteiger partial charge on any atom is 0.0592 e. The molecule has 0 aliphatic rings. The van der Waals surface area contributed by atoms with Crippen LogP contribution in [-0.2, 0) is 51.4 Å². The Morgan fingerprint density at radius 2 is 0.458 bits per heavy atom. The van der Waals surface area contributed by atoms with Crippen molar-refractivity contribution in [3.05, 3.63) is 203 Å². The molecule has 0 nitrogen and oxygen atoms in total. The third kappa shape index (κ3) is 41.4. The Hall–Kier alpha value is -3.06. The molecule has 0 aliphatic carbocycles. The Balaban J connectivity index is 0.000000239. The van der Waals surface area contributed by atoms with E-state index in [2.05, 4.69) is 218 Å². The average molecular weight is 1940 g/mol. The molecule has 0 atom stereocenters. The predicted molar refractivity (Wildman–Crippen MR) is 559 cm³/mol. The van der Waals surface area contributed by atoms with Crippen LogP contribution in [0, 0.1) is 7.14 Å². The molecule has 0 radical (unpaired) electrons. The minimum Gasteiger partial charge on any atom is -0.152 e. The molecule has 652 valence electrons. The summed E-state index contributed by atoms with van der Waals surface area (Å²) < 4.78 is 5.83. The average Bonchev–Trinajstić information content (AvgIpc) is 1.55. The zero-order valence-electron chi connectivity index (χ0n) is 75.6. The van der Waals surface area contributed by atoms with Crippen LogP contribution >= 0.6 is 114 Å². The van der Waals surface area contributed by atoms with E-state index in [-0.39, 0.29) is 0 Å². The monoisotopic (exact) mass is 1930 g/mol. The van der Waals surface area contributed by atoms with Gasteiger partial charge in [-0.3, -0.25) is 0 Å². The number of aryl methyl sites for hydroxylation is 8. The van der Waals surface area contributed by atoms with E-state index in [4.69, 9.17) is 23.2 Å². The third-order valence-electron chi connectivity index (χ3n) is 24.0. The summed E-state index contributed by atoms with van der Waals surface area (Å²) >= 11 is 23.6. The highest BCUT2D eigenvalue weighted by atomic mass is 127. The van der Waals surface area contributed by atoms with E-state index in [1.165, 1.54) is 420 Å². The van der Waals surface area contributed by atoms with Gasteiger partial charge in [-0.05, 0) is 306 Å². The first kappa shape index (κ1) is 104. The molecule has 0 N–H and O–H groups in total. The molecule has 8 heteroatoms. The Labute approximate surface area is 777 Å². The zero-order valence-corrected chi connectivity index (χ0v) is 84.7. The SMILES string of the molecule is CCCCCCCCc1cc(-c2ccsc2)c(-c2ccsc2)cc1CCCCCCCC.CCCCCCCCc1cc(I)c(I)cc1CCCCCCCC.CCCCCCCCc1cc2c(cc1CCCCCCCC)c1ccsc1c1sccc21.CCCCCCCCc1ccccc1CCCCCCCC.Clc1ccccc1Cl. The summed E-state index contributed by atoms with van der Waals surface area (Å²) in [6.45, 7) is 18.4. The minimum atomic E-state index is 0.606. The van der Waals surface area contributed by atoms with E-state index in [1.54, 1.807) is 79.3 Å². The molecule has 4 aromatic heterocycles. The van der Waals surface area contributed by atoms with Gasteiger partial charge in [0, 0.05) is 17.9 Å². The van der Waals surface area contributed by atoms with Crippen molar-refractivity contribution in [1.82, 2.24) is 0 Å². The Kier molecular flexibility index (Phi) is 59.2. The Morgan fingerprint density at radius 1 is 0.229 bits per heavy atom. The fourth-order valence-electron chi connectivity index (χ4n) is 16.8. The normalized spacial score (nSPS) is 11.3. The lowest BCUT2D eigenvalue weighted by Gasteiger charge is -2.16. The summed E-state index contributed by atoms with van der Waals surface area (Å²) in [6.07, 6.45) is 76.6. The number of hydrogen-bond donors (Lipinski definition) is 0. The van der Waals surface area contributed by atoms with Gasteiger partial charge in [0.2, 0.25) is 0 Å². The highest BCUT2D eigenvalue weighted by Gasteiger charge is 2.18. The second-order valence-electron chi connectivity index (χ2n) is 34.0. The van der Waals surface area contributed by atoms with Crippen molar-refractivity contribution in [2.24, 2.45) is 0 Å². The van der Waals surface area contributed by atoms with Crippen LogP contribution in [0.1, 0.15) is 408 Å². The van der Waals surface area contributed by atoms with Gasteiger partial charge < -0.3 is 0 Å². The predicted octanol–water partition coefficient (Wildman–Crippen LogP) is 41.2. The fraction of sp³-hybridized carbons (Fsp3) is 0.582. The zero-order chi connectivity index (χ0) is 84.1. The molecular weight excluding hydrogens is 1770 g/mol. The van der Waals surface area contributed by atoms with Gasteiger partial charge in [-0.1, -0.05) is 396 Å². The second kappa shape index (κ2) is 67.3. The van der Waals surface area contributed by atoms with Crippen LogP contribution in [0.5, 0.6) is 0 Å². The van der Waals surface area contributed by atoms with Crippen molar-refractivity contribution in [2.75, 3.05) is 0 Å². The van der Waals surface area contributed by atoms with Gasteiger partial charge in [0.25, 0.3) is 0 Å². The number of benzene rings is 6. The molecule has 0 bridgehead atoms. The number of unbranched alkanes of at least 4 members (excludes halogenated alkanes) is 40. The summed E-state index contributed by atoms with van der Waals surface area (Å²) in [5.41, 5.74) is 18.6. The first-order valence-corrected chi connectivity index (χ1v) is 55.1. The lowest BCUT2D eigenvalue weighted by Crippen LogP contribution is -1.99. The van der Waals surface area contributed by atoms with Gasteiger partial charge in [-0.2, -0.15) is 22.7 Å². The van der Waals surface area contributed by atoms with Crippen molar-refractivity contribution in [2.45, 2.75) is 415 Å². The molecule has 0 saturated carbocycles. The van der Waals surface area contributed by atoms with E-state index in [0.717, 1.165) is 0 Å². The summed E-state index contributed by atoms with van der Waals surface area (Å²) in [4.78, 5) is 0. The summed E-state index contributed by atoms with van der Waals surface area (Å²) in [5.74, 6) is 0. The van der Waals surface area contributed by atoms with Crippen LogP contribution in [0.25, 0.3) is 53.2 Å². The van der Waals surface area contributed by atoms with Crippen molar-refractivity contribution in [1.29, 1.82) is 0 Å². The van der Waals surface area contributed by atoms with Gasteiger partial charge in [0.1, 0.15) is 0 Å². The van der Waals surface area contributed by atoms with E-state index >= 15 is 0 Å². The molecule has 6 aromatic carbocycles. The van der Waals surface area contributed by atoms with Gasteiger partial charge in [0.05, 0.1) is 19.4 Å². The number of thiophene rings is 4. The van der Waals surface area contributed by atoms with Gasteiger partial charge in [-0.15, -0.1) is 22.7 Å². The molecule has 0 aliphatic heterocycles. The molecule has 4 heterocycles. The van der Waals surface area contributed by atoms with Crippen molar-refractivity contribution < 1.29 is 0 Å². The van der Waals surface area contributed by atoms with Crippen molar-refractivity contribution in [3.63, 3.8) is 0 Å². The molecule has 10 rings (SSSR count). The van der Waals surface area contributed by atoms with Crippen molar-refractivity contribution in [3.8, 4) is 22.3 Å². The van der Waals surface area contributed by atoms with Gasteiger partial charge in [-0.25, -0.2) is 0 Å². The van der Waals surface area contributed by atoms with Crippen LogP contribution in [-0.4, -0.2) is 0 Å². The second-order valence-corrected chi connectivity index (χ2v) is 40.6.